The van der Waals surface area contributed by atoms with E-state index in [1.807, 2.05) is 0 Å². The molecule has 23 heavy (non-hydrogen) atoms. The van der Waals surface area contributed by atoms with Crippen molar-refractivity contribution in [1.82, 2.24) is 0 Å². The molecule has 0 N–H and O–H groups in total. The number of benzene rings is 1. The highest BCUT2D eigenvalue weighted by Crippen LogP contribution is 2.62. The van der Waals surface area contributed by atoms with Crippen molar-refractivity contribution in [3.05, 3.63) is 0 Å². The molecule has 0 bridgehead atoms. The molecule has 0 aromatic heterocycles. The molecule has 2 aliphatic rings. The summed E-state index contributed by atoms with van der Waals surface area (Å²) in [6, 6.07) is 0. The SMILES string of the molecule is COc1c2c(c([O])c3c1OC(C)(C)S3(=O)=O)S(=O)(=O)C(C)(C)O2. The number of methoxy groups -OCH3 is 1. The van der Waals surface area contributed by atoms with Gasteiger partial charge in [-0.25, -0.2) is 16.8 Å². The van der Waals surface area contributed by atoms with E-state index in [2.05, 4.69) is 0 Å². The van der Waals surface area contributed by atoms with Crippen LogP contribution in [0.2, 0.25) is 0 Å². The third kappa shape index (κ3) is 1.65. The average Bonchev–Trinajstić information content (AvgIpc) is 2.66. The second-order valence-corrected chi connectivity index (χ2v) is 11.0. The van der Waals surface area contributed by atoms with Crippen molar-refractivity contribution >= 4 is 19.7 Å². The normalized spacial score (nSPS) is 24.2. The van der Waals surface area contributed by atoms with E-state index in [1.54, 1.807) is 0 Å². The van der Waals surface area contributed by atoms with Gasteiger partial charge in [-0.3, -0.25) is 5.11 Å². The summed E-state index contributed by atoms with van der Waals surface area (Å²) in [5.41, 5.74) is 0. The van der Waals surface area contributed by atoms with Gasteiger partial charge in [0.05, 0.1) is 7.11 Å². The first-order chi connectivity index (χ1) is 10.3. The number of sulfone groups is 2. The lowest BCUT2D eigenvalue weighted by atomic mass is 10.2. The van der Waals surface area contributed by atoms with Gasteiger partial charge in [0.1, 0.15) is 0 Å². The molecule has 0 aliphatic carbocycles. The number of rotatable bonds is 1. The van der Waals surface area contributed by atoms with Crippen LogP contribution in [-0.4, -0.2) is 33.8 Å². The Bertz CT molecular complexity index is 866. The smallest absolute Gasteiger partial charge is 0.226 e. The first-order valence-corrected chi connectivity index (χ1v) is 9.58. The summed E-state index contributed by atoms with van der Waals surface area (Å²) in [5.74, 6) is -1.98. The Morgan fingerprint density at radius 3 is 1.48 bits per heavy atom. The van der Waals surface area contributed by atoms with E-state index in [0.29, 0.717) is 0 Å². The summed E-state index contributed by atoms with van der Waals surface area (Å²) in [5, 5.41) is 12.7. The lowest BCUT2D eigenvalue weighted by Crippen LogP contribution is -2.33. The molecule has 0 amide bonds. The summed E-state index contributed by atoms with van der Waals surface area (Å²) in [6.07, 6.45) is 0. The third-order valence-electron chi connectivity index (χ3n) is 3.97. The quantitative estimate of drug-likeness (QED) is 0.744. The molecule has 10 heteroatoms. The van der Waals surface area contributed by atoms with Crippen LogP contribution < -0.4 is 14.2 Å². The van der Waals surface area contributed by atoms with E-state index in [-0.39, 0.29) is 17.2 Å². The Labute approximate surface area is 133 Å². The number of ether oxygens (including phenoxy) is 3. The van der Waals surface area contributed by atoms with Crippen molar-refractivity contribution < 1.29 is 36.2 Å². The zero-order valence-electron chi connectivity index (χ0n) is 13.1. The van der Waals surface area contributed by atoms with Crippen LogP contribution in [0.5, 0.6) is 23.0 Å². The number of hydrogen-bond donors (Lipinski definition) is 0. The predicted octanol–water partition coefficient (Wildman–Crippen LogP) is 1.64. The van der Waals surface area contributed by atoms with Gasteiger partial charge in [-0.15, -0.1) is 0 Å². The molecule has 2 heterocycles. The highest BCUT2D eigenvalue weighted by molar-refractivity contribution is 7.94. The average molecular weight is 363 g/mol. The van der Waals surface area contributed by atoms with E-state index >= 15 is 0 Å². The molecule has 0 saturated heterocycles. The van der Waals surface area contributed by atoms with E-state index < -0.39 is 45.1 Å². The molecule has 127 valence electrons. The summed E-state index contributed by atoms with van der Waals surface area (Å²) in [6.45, 7) is 5.08. The van der Waals surface area contributed by atoms with Gasteiger partial charge < -0.3 is 14.2 Å². The Morgan fingerprint density at radius 1 is 0.826 bits per heavy atom. The van der Waals surface area contributed by atoms with Gasteiger partial charge in [-0.2, -0.15) is 0 Å². The summed E-state index contributed by atoms with van der Waals surface area (Å²) >= 11 is 0. The Hall–Kier alpha value is -1.68. The second kappa shape index (κ2) is 4.04. The monoisotopic (exact) mass is 363 g/mol. The highest BCUT2D eigenvalue weighted by Gasteiger charge is 2.58. The fraction of sp³-hybridized carbons (Fsp3) is 0.538. The minimum absolute atomic E-state index is 0.210. The number of hydrogen-bond acceptors (Lipinski definition) is 7. The van der Waals surface area contributed by atoms with Gasteiger partial charge in [0.15, 0.2) is 21.3 Å². The van der Waals surface area contributed by atoms with E-state index in [0.717, 1.165) is 0 Å². The molecule has 0 spiro atoms. The fourth-order valence-corrected chi connectivity index (χ4v) is 5.45. The van der Waals surface area contributed by atoms with Gasteiger partial charge in [0, 0.05) is 0 Å². The molecule has 1 aromatic carbocycles. The lowest BCUT2D eigenvalue weighted by Gasteiger charge is -2.18. The zero-order chi connectivity index (χ0) is 17.6. The van der Waals surface area contributed by atoms with Gasteiger partial charge in [0.2, 0.25) is 41.0 Å². The van der Waals surface area contributed by atoms with Crippen molar-refractivity contribution in [3.8, 4) is 23.0 Å². The van der Waals surface area contributed by atoms with Crippen LogP contribution in [0.3, 0.4) is 0 Å². The van der Waals surface area contributed by atoms with E-state index in [4.69, 9.17) is 14.2 Å². The lowest BCUT2D eigenvalue weighted by molar-refractivity contribution is 0.176. The maximum atomic E-state index is 12.7. The predicted molar refractivity (Wildman–Crippen MR) is 76.9 cm³/mol. The summed E-state index contributed by atoms with van der Waals surface area (Å²) in [7, 11) is -7.17. The van der Waals surface area contributed by atoms with Crippen LogP contribution in [0, 0.1) is 0 Å². The minimum atomic E-state index is -4.19. The molecule has 2 aliphatic heterocycles. The molecule has 0 atom stereocenters. The second-order valence-electron chi connectivity index (χ2n) is 6.19. The number of fused-ring (bicyclic) bond motifs is 2. The molecule has 0 saturated carbocycles. The fourth-order valence-electron chi connectivity index (χ4n) is 2.57. The summed E-state index contributed by atoms with van der Waals surface area (Å²) in [4.78, 5) is -4.84. The van der Waals surface area contributed by atoms with Gasteiger partial charge in [-0.05, 0) is 27.7 Å². The molecule has 3 rings (SSSR count). The van der Waals surface area contributed by atoms with Crippen LogP contribution >= 0.6 is 0 Å². The molecule has 0 fully saturated rings. The van der Waals surface area contributed by atoms with Crippen LogP contribution in [0.25, 0.3) is 0 Å². The molecule has 0 unspecified atom stereocenters. The van der Waals surface area contributed by atoms with E-state index in [1.165, 1.54) is 34.8 Å². The van der Waals surface area contributed by atoms with Crippen molar-refractivity contribution in [2.24, 2.45) is 0 Å². The Morgan fingerprint density at radius 2 is 1.17 bits per heavy atom. The zero-order valence-corrected chi connectivity index (χ0v) is 14.7. The maximum absolute atomic E-state index is 12.7. The van der Waals surface area contributed by atoms with Gasteiger partial charge in [0.25, 0.3) is 0 Å². The molecular weight excluding hydrogens is 348 g/mol. The Balaban J connectivity index is 2.53. The van der Waals surface area contributed by atoms with Crippen molar-refractivity contribution in [2.45, 2.75) is 47.4 Å². The maximum Gasteiger partial charge on any atom is 0.226 e. The summed E-state index contributed by atoms with van der Waals surface area (Å²) < 4.78 is 66.1. The molecular formula is C13H15O8S2. The molecule has 8 nitrogen and oxygen atoms in total. The van der Waals surface area contributed by atoms with E-state index in [9.17, 15) is 21.9 Å². The van der Waals surface area contributed by atoms with Gasteiger partial charge >= 0.3 is 0 Å². The van der Waals surface area contributed by atoms with Crippen LogP contribution in [-0.2, 0) is 24.8 Å². The highest BCUT2D eigenvalue weighted by atomic mass is 32.2. The van der Waals surface area contributed by atoms with Crippen LogP contribution in [0.15, 0.2) is 9.79 Å². The topological polar surface area (TPSA) is 116 Å². The standard InChI is InChI=1S/C13H15O8S2/c1-12(2)20-8-7(19-5)9-11(6(14)10(8)22(12,15)16)23(17,18)13(3,4)21-9/h1-5H3. The minimum Gasteiger partial charge on any atom is -0.490 e. The largest absolute Gasteiger partial charge is 0.490 e. The Kier molecular flexibility index (Phi) is 2.84. The van der Waals surface area contributed by atoms with Crippen molar-refractivity contribution in [2.75, 3.05) is 7.11 Å². The van der Waals surface area contributed by atoms with Crippen LogP contribution in [0.1, 0.15) is 27.7 Å². The molecule has 1 aromatic rings. The first-order valence-electron chi connectivity index (χ1n) is 6.62. The molecule has 1 radical (unpaired) electrons. The first kappa shape index (κ1) is 16.2. The third-order valence-corrected chi connectivity index (χ3v) is 8.54. The van der Waals surface area contributed by atoms with Crippen molar-refractivity contribution in [3.63, 3.8) is 0 Å². The van der Waals surface area contributed by atoms with Gasteiger partial charge in [-0.1, -0.05) is 0 Å². The van der Waals surface area contributed by atoms with Crippen LogP contribution in [0.4, 0.5) is 0 Å². The van der Waals surface area contributed by atoms with Crippen molar-refractivity contribution in [1.29, 1.82) is 0 Å².